The first-order valence-electron chi connectivity index (χ1n) is 10.4. The lowest BCUT2D eigenvalue weighted by Gasteiger charge is -2.42. The van der Waals surface area contributed by atoms with Gasteiger partial charge in [-0.2, -0.15) is 0 Å². The van der Waals surface area contributed by atoms with Crippen molar-refractivity contribution in [1.29, 1.82) is 0 Å². The third-order valence-corrected chi connectivity index (χ3v) is 12.4. The molecule has 0 aliphatic rings. The monoisotopic (exact) mass is 373 g/mol. The van der Waals surface area contributed by atoms with Gasteiger partial charge < -0.3 is 9.41 Å². The normalized spacial score (nSPS) is 12.9. The van der Waals surface area contributed by atoms with Crippen LogP contribution in [-0.2, 0) is 10.8 Å². The molecular weight excluding hydrogens is 334 g/mol. The predicted octanol–water partition coefficient (Wildman–Crippen LogP) is 7.30. The zero-order valence-electron chi connectivity index (χ0n) is 18.2. The van der Waals surface area contributed by atoms with Gasteiger partial charge in [0.2, 0.25) is 0 Å². The molecule has 0 saturated heterocycles. The number of fused-ring (bicyclic) bond motifs is 1. The Balaban J connectivity index is 1.96. The van der Waals surface area contributed by atoms with Crippen LogP contribution in [0.4, 0.5) is 0 Å². The molecule has 0 aliphatic carbocycles. The third kappa shape index (κ3) is 4.09. The summed E-state index contributed by atoms with van der Waals surface area (Å²) in [4.78, 5) is 3.48. The van der Waals surface area contributed by atoms with Crippen molar-refractivity contribution in [2.24, 2.45) is 0 Å². The Morgan fingerprint density at radius 3 is 2.04 bits per heavy atom. The summed E-state index contributed by atoms with van der Waals surface area (Å²) in [5.74, 6) is 0. The van der Waals surface area contributed by atoms with Crippen LogP contribution in [0.25, 0.3) is 10.9 Å². The van der Waals surface area contributed by atoms with E-state index in [2.05, 4.69) is 78.7 Å². The fourth-order valence-electron chi connectivity index (χ4n) is 5.01. The molecule has 2 rings (SSSR count). The van der Waals surface area contributed by atoms with E-state index >= 15 is 0 Å². The zero-order valence-corrected chi connectivity index (χ0v) is 19.2. The van der Waals surface area contributed by atoms with E-state index in [0.29, 0.717) is 16.6 Å². The van der Waals surface area contributed by atoms with E-state index < -0.39 is 8.32 Å². The van der Waals surface area contributed by atoms with Gasteiger partial charge in [0, 0.05) is 23.7 Å². The quantitative estimate of drug-likeness (QED) is 0.362. The second-order valence-electron chi connectivity index (χ2n) is 8.89. The molecule has 0 bridgehead atoms. The summed E-state index contributed by atoms with van der Waals surface area (Å²) in [7, 11) is -1.71. The Labute approximate surface area is 161 Å². The van der Waals surface area contributed by atoms with E-state index in [-0.39, 0.29) is 0 Å². The average Bonchev–Trinajstić information content (AvgIpc) is 2.98. The number of hydrogen-bond acceptors (Lipinski definition) is 1. The van der Waals surface area contributed by atoms with Gasteiger partial charge in [-0.15, -0.1) is 0 Å². The van der Waals surface area contributed by atoms with Crippen LogP contribution in [0.2, 0.25) is 16.6 Å². The molecule has 0 amide bonds. The van der Waals surface area contributed by atoms with Crippen molar-refractivity contribution < 1.29 is 4.43 Å². The number of aryl methyl sites for hydroxylation is 3. The molecule has 3 heteroatoms. The van der Waals surface area contributed by atoms with Crippen LogP contribution in [0.5, 0.6) is 0 Å². The highest BCUT2D eigenvalue weighted by atomic mass is 28.4. The topological polar surface area (TPSA) is 25.0 Å². The van der Waals surface area contributed by atoms with Gasteiger partial charge in [-0.3, -0.25) is 0 Å². The van der Waals surface area contributed by atoms with Gasteiger partial charge in [-0.1, -0.05) is 53.7 Å². The summed E-state index contributed by atoms with van der Waals surface area (Å²) in [6, 6.07) is 4.45. The zero-order chi connectivity index (χ0) is 19.5. The van der Waals surface area contributed by atoms with Crippen LogP contribution in [0.15, 0.2) is 18.3 Å². The fourth-order valence-corrected chi connectivity index (χ4v) is 10.5. The number of unbranched alkanes of at least 4 members (excludes halogenated alkanes) is 1. The van der Waals surface area contributed by atoms with Crippen LogP contribution >= 0.6 is 0 Å². The van der Waals surface area contributed by atoms with Crippen LogP contribution in [0, 0.1) is 13.8 Å². The van der Waals surface area contributed by atoms with Crippen molar-refractivity contribution in [2.45, 2.75) is 91.3 Å². The standard InChI is InChI=1S/C23H39NOSi/c1-16(2)26(17(3)4,18(5)6)25-14-10-9-11-21-15-24-23-20(8)13-12-19(7)22(21)23/h12-13,15-18,24H,9-11,14H2,1-8H3. The molecule has 1 aromatic carbocycles. The summed E-state index contributed by atoms with van der Waals surface area (Å²) in [5.41, 5.74) is 7.49. The SMILES string of the molecule is Cc1ccc(C)c2c(CCCCO[Si](C(C)C)(C(C)C)C(C)C)c[nH]c12. The summed E-state index contributed by atoms with van der Waals surface area (Å²) in [6.07, 6.45) is 5.69. The molecule has 1 N–H and O–H groups in total. The first-order chi connectivity index (χ1) is 12.2. The van der Waals surface area contributed by atoms with Crippen molar-refractivity contribution in [3.63, 3.8) is 0 Å². The van der Waals surface area contributed by atoms with Crippen LogP contribution in [-0.4, -0.2) is 19.9 Å². The number of rotatable bonds is 9. The molecule has 0 aliphatic heterocycles. The average molecular weight is 374 g/mol. The Hall–Kier alpha value is -1.06. The summed E-state index contributed by atoms with van der Waals surface area (Å²) in [6.45, 7) is 19.5. The van der Waals surface area contributed by atoms with E-state index in [1.54, 1.807) is 0 Å². The molecule has 0 unspecified atom stereocenters. The van der Waals surface area contributed by atoms with Crippen LogP contribution in [0.3, 0.4) is 0 Å². The van der Waals surface area contributed by atoms with Gasteiger partial charge in [0.25, 0.3) is 0 Å². The van der Waals surface area contributed by atoms with Crippen LogP contribution < -0.4 is 0 Å². The molecule has 0 fully saturated rings. The molecule has 2 nitrogen and oxygen atoms in total. The Morgan fingerprint density at radius 1 is 0.885 bits per heavy atom. The molecule has 146 valence electrons. The fraction of sp³-hybridized carbons (Fsp3) is 0.652. The predicted molar refractivity (Wildman–Crippen MR) is 118 cm³/mol. The maximum absolute atomic E-state index is 6.69. The van der Waals surface area contributed by atoms with Gasteiger partial charge in [-0.25, -0.2) is 0 Å². The highest BCUT2D eigenvalue weighted by Gasteiger charge is 2.44. The van der Waals surface area contributed by atoms with Crippen LogP contribution in [0.1, 0.15) is 71.1 Å². The second kappa shape index (κ2) is 8.75. The smallest absolute Gasteiger partial charge is 0.200 e. The van der Waals surface area contributed by atoms with Crippen molar-refractivity contribution in [3.8, 4) is 0 Å². The van der Waals surface area contributed by atoms with Crippen molar-refractivity contribution in [1.82, 2.24) is 4.98 Å². The molecule has 0 spiro atoms. The Morgan fingerprint density at radius 2 is 1.46 bits per heavy atom. The first kappa shape index (κ1) is 21.2. The minimum atomic E-state index is -1.71. The van der Waals surface area contributed by atoms with Crippen molar-refractivity contribution in [2.75, 3.05) is 6.61 Å². The number of aromatic amines is 1. The van der Waals surface area contributed by atoms with Gasteiger partial charge in [0.1, 0.15) is 0 Å². The molecule has 26 heavy (non-hydrogen) atoms. The van der Waals surface area contributed by atoms with E-state index in [0.717, 1.165) is 19.4 Å². The van der Waals surface area contributed by atoms with Gasteiger partial charge in [0.05, 0.1) is 0 Å². The molecule has 1 heterocycles. The molecule has 0 saturated carbocycles. The third-order valence-electron chi connectivity index (χ3n) is 6.23. The van der Waals surface area contributed by atoms with Gasteiger partial charge in [-0.05, 0) is 66.4 Å². The number of benzene rings is 1. The Kier molecular flexibility index (Phi) is 7.15. The van der Waals surface area contributed by atoms with Gasteiger partial charge in [0.15, 0.2) is 8.32 Å². The number of hydrogen-bond donors (Lipinski definition) is 1. The van der Waals surface area contributed by atoms with E-state index in [1.807, 2.05) is 0 Å². The second-order valence-corrected chi connectivity index (χ2v) is 14.3. The first-order valence-corrected chi connectivity index (χ1v) is 12.6. The number of nitrogens with one attached hydrogen (secondary N) is 1. The largest absolute Gasteiger partial charge is 0.416 e. The summed E-state index contributed by atoms with van der Waals surface area (Å²) >= 11 is 0. The lowest BCUT2D eigenvalue weighted by atomic mass is 10.0. The van der Waals surface area contributed by atoms with Gasteiger partial charge >= 0.3 is 0 Å². The maximum Gasteiger partial charge on any atom is 0.200 e. The molecule has 0 atom stereocenters. The number of H-pyrrole nitrogens is 1. The van der Waals surface area contributed by atoms with E-state index in [1.165, 1.54) is 34.0 Å². The highest BCUT2D eigenvalue weighted by Crippen LogP contribution is 2.42. The summed E-state index contributed by atoms with van der Waals surface area (Å²) < 4.78 is 6.69. The minimum absolute atomic E-state index is 0.668. The minimum Gasteiger partial charge on any atom is -0.416 e. The molecular formula is C23H39NOSi. The summed E-state index contributed by atoms with van der Waals surface area (Å²) in [5, 5.41) is 1.43. The molecule has 2 aromatic rings. The molecule has 1 aromatic heterocycles. The maximum atomic E-state index is 6.69. The lowest BCUT2D eigenvalue weighted by Crippen LogP contribution is -2.47. The lowest BCUT2D eigenvalue weighted by molar-refractivity contribution is 0.269. The number of aromatic nitrogens is 1. The molecule has 0 radical (unpaired) electrons. The van der Waals surface area contributed by atoms with E-state index in [9.17, 15) is 0 Å². The Bertz CT molecular complexity index is 693. The highest BCUT2D eigenvalue weighted by molar-refractivity contribution is 6.77. The van der Waals surface area contributed by atoms with Crippen molar-refractivity contribution in [3.05, 3.63) is 35.0 Å². The van der Waals surface area contributed by atoms with Crippen molar-refractivity contribution >= 4 is 19.2 Å². The van der Waals surface area contributed by atoms with E-state index in [4.69, 9.17) is 4.43 Å².